The lowest BCUT2D eigenvalue weighted by atomic mass is 9.95. The summed E-state index contributed by atoms with van der Waals surface area (Å²) >= 11 is 0. The molecule has 5 nitrogen and oxygen atoms in total. The summed E-state index contributed by atoms with van der Waals surface area (Å²) < 4.78 is 2.14. The van der Waals surface area contributed by atoms with Crippen molar-refractivity contribution in [2.45, 2.75) is 38.9 Å². The molecule has 3 aliphatic rings. The first-order valence-electron chi connectivity index (χ1n) is 10.0. The molecule has 2 atom stereocenters. The highest BCUT2D eigenvalue weighted by molar-refractivity contribution is 5.42. The van der Waals surface area contributed by atoms with Gasteiger partial charge in [0.1, 0.15) is 5.65 Å². The second-order valence-corrected chi connectivity index (χ2v) is 8.24. The lowest BCUT2D eigenvalue weighted by Gasteiger charge is -2.35. The molecule has 2 bridgehead atoms. The summed E-state index contributed by atoms with van der Waals surface area (Å²) in [6, 6.07) is 11.1. The lowest BCUT2D eigenvalue weighted by Crippen LogP contribution is -2.43. The zero-order valence-electron chi connectivity index (χ0n) is 16.0. The van der Waals surface area contributed by atoms with Gasteiger partial charge in [-0.15, -0.1) is 0 Å². The minimum Gasteiger partial charge on any atom is -0.307 e. The van der Waals surface area contributed by atoms with Crippen LogP contribution >= 0.6 is 0 Å². The molecule has 5 heteroatoms. The van der Waals surface area contributed by atoms with E-state index in [9.17, 15) is 0 Å². The average Bonchev–Trinajstić information content (AvgIpc) is 2.85. The number of hydrogen-bond acceptors (Lipinski definition) is 4. The molecule has 0 N–H and O–H groups in total. The van der Waals surface area contributed by atoms with Crippen molar-refractivity contribution < 1.29 is 0 Å². The summed E-state index contributed by atoms with van der Waals surface area (Å²) in [7, 11) is 0. The molecule has 3 aromatic rings. The summed E-state index contributed by atoms with van der Waals surface area (Å²) in [5.41, 5.74) is 4.69. The second-order valence-electron chi connectivity index (χ2n) is 8.24. The Kier molecular flexibility index (Phi) is 4.42. The molecule has 3 aliphatic heterocycles. The Hall–Kier alpha value is -2.24. The molecule has 0 saturated carbocycles. The van der Waals surface area contributed by atoms with E-state index in [-0.39, 0.29) is 0 Å². The first-order valence-corrected chi connectivity index (χ1v) is 10.0. The summed E-state index contributed by atoms with van der Waals surface area (Å²) in [5.74, 6) is 0.756. The Balaban J connectivity index is 1.31. The molecule has 0 unspecified atom stereocenters. The number of pyridine rings is 2. The first-order chi connectivity index (χ1) is 13.2. The zero-order valence-corrected chi connectivity index (χ0v) is 16.0. The van der Waals surface area contributed by atoms with Gasteiger partial charge in [0.15, 0.2) is 0 Å². The van der Waals surface area contributed by atoms with Crippen LogP contribution < -0.4 is 0 Å². The highest BCUT2D eigenvalue weighted by Crippen LogP contribution is 2.29. The van der Waals surface area contributed by atoms with E-state index in [1.54, 1.807) is 0 Å². The van der Waals surface area contributed by atoms with Gasteiger partial charge in [-0.05, 0) is 55.5 Å². The summed E-state index contributed by atoms with van der Waals surface area (Å²) in [6.07, 6.45) is 8.86. The van der Waals surface area contributed by atoms with E-state index in [1.165, 1.54) is 42.9 Å². The molecule has 140 valence electrons. The normalized spacial score (nSPS) is 23.7. The van der Waals surface area contributed by atoms with Crippen molar-refractivity contribution in [3.05, 3.63) is 65.9 Å². The van der Waals surface area contributed by atoms with E-state index in [1.807, 2.05) is 12.3 Å². The Labute approximate surface area is 160 Å². The fourth-order valence-corrected chi connectivity index (χ4v) is 4.74. The van der Waals surface area contributed by atoms with E-state index in [4.69, 9.17) is 4.98 Å². The molecule has 3 fully saturated rings. The summed E-state index contributed by atoms with van der Waals surface area (Å²) in [6.45, 7) is 7.57. The van der Waals surface area contributed by atoms with Crippen LogP contribution in [0.25, 0.3) is 5.65 Å². The summed E-state index contributed by atoms with van der Waals surface area (Å²) in [5, 5.41) is 0. The van der Waals surface area contributed by atoms with Crippen molar-refractivity contribution >= 4 is 5.65 Å². The third-order valence-corrected chi connectivity index (χ3v) is 6.05. The maximum atomic E-state index is 4.87. The second kappa shape index (κ2) is 7.06. The fourth-order valence-electron chi connectivity index (χ4n) is 4.74. The number of fused-ring (bicyclic) bond motifs is 5. The quantitative estimate of drug-likeness (QED) is 0.715. The Morgan fingerprint density at radius 1 is 1.04 bits per heavy atom. The first kappa shape index (κ1) is 16.9. The van der Waals surface area contributed by atoms with Gasteiger partial charge < -0.3 is 4.40 Å². The van der Waals surface area contributed by atoms with Crippen molar-refractivity contribution in [1.82, 2.24) is 24.2 Å². The lowest BCUT2D eigenvalue weighted by molar-refractivity contribution is 0.121. The highest BCUT2D eigenvalue weighted by atomic mass is 15.3. The molecular weight excluding hydrogens is 334 g/mol. The average molecular weight is 361 g/mol. The standard InChI is InChI=1S/C22H27N5/c1-17-7-9-26-14-20(24-22(26)10-17)15-27-12-18-5-6-21(27)16-25(11-18)13-19-4-2-3-8-23-19/h2-4,7-10,14,18,21H,5-6,11-13,15-16H2,1H3/t18-,21+/m0/s1. The van der Waals surface area contributed by atoms with Crippen molar-refractivity contribution in [3.63, 3.8) is 0 Å². The van der Waals surface area contributed by atoms with Crippen molar-refractivity contribution in [1.29, 1.82) is 0 Å². The van der Waals surface area contributed by atoms with Gasteiger partial charge in [0.2, 0.25) is 0 Å². The molecule has 0 spiro atoms. The number of nitrogens with zero attached hydrogens (tertiary/aromatic N) is 5. The van der Waals surface area contributed by atoms with Gasteiger partial charge in [-0.3, -0.25) is 14.8 Å². The van der Waals surface area contributed by atoms with E-state index in [0.29, 0.717) is 6.04 Å². The molecule has 0 amide bonds. The number of aromatic nitrogens is 3. The van der Waals surface area contributed by atoms with Gasteiger partial charge in [0, 0.05) is 57.4 Å². The van der Waals surface area contributed by atoms with E-state index in [2.05, 4.69) is 62.8 Å². The molecule has 3 saturated heterocycles. The topological polar surface area (TPSA) is 36.7 Å². The van der Waals surface area contributed by atoms with Crippen molar-refractivity contribution in [3.8, 4) is 0 Å². The molecule has 6 heterocycles. The van der Waals surface area contributed by atoms with E-state index < -0.39 is 0 Å². The molecule has 27 heavy (non-hydrogen) atoms. The molecule has 6 rings (SSSR count). The van der Waals surface area contributed by atoms with Gasteiger partial charge in [-0.2, -0.15) is 0 Å². The van der Waals surface area contributed by atoms with Gasteiger partial charge in [-0.1, -0.05) is 6.07 Å². The number of aryl methyl sites for hydroxylation is 1. The minimum atomic E-state index is 0.624. The van der Waals surface area contributed by atoms with Crippen LogP contribution in [-0.4, -0.2) is 49.8 Å². The van der Waals surface area contributed by atoms with Gasteiger partial charge in [-0.25, -0.2) is 4.98 Å². The predicted molar refractivity (Wildman–Crippen MR) is 106 cm³/mol. The third kappa shape index (κ3) is 3.62. The maximum absolute atomic E-state index is 4.87. The molecule has 0 radical (unpaired) electrons. The molecule has 0 aromatic carbocycles. The van der Waals surface area contributed by atoms with E-state index >= 15 is 0 Å². The Morgan fingerprint density at radius 3 is 2.89 bits per heavy atom. The third-order valence-electron chi connectivity index (χ3n) is 6.05. The van der Waals surface area contributed by atoms with Crippen LogP contribution in [0.15, 0.2) is 48.9 Å². The number of rotatable bonds is 4. The number of piperidine rings is 1. The Morgan fingerprint density at radius 2 is 2.00 bits per heavy atom. The van der Waals surface area contributed by atoms with Gasteiger partial charge in [0.05, 0.1) is 11.4 Å². The monoisotopic (exact) mass is 361 g/mol. The van der Waals surface area contributed by atoms with Crippen molar-refractivity contribution in [2.75, 3.05) is 19.6 Å². The van der Waals surface area contributed by atoms with Crippen LogP contribution in [0.3, 0.4) is 0 Å². The zero-order chi connectivity index (χ0) is 18.2. The fraction of sp³-hybridized carbons (Fsp3) is 0.455. The van der Waals surface area contributed by atoms with Gasteiger partial charge >= 0.3 is 0 Å². The molecule has 3 aromatic heterocycles. The molecular formula is C22H27N5. The smallest absolute Gasteiger partial charge is 0.137 e. The van der Waals surface area contributed by atoms with Crippen LogP contribution in [0.5, 0.6) is 0 Å². The number of imidazole rings is 1. The SMILES string of the molecule is Cc1ccn2cc(CN3C[C@H]4CC[C@@H]3CN(Cc3ccccn3)C4)nc2c1. The van der Waals surface area contributed by atoms with Gasteiger partial charge in [0.25, 0.3) is 0 Å². The van der Waals surface area contributed by atoms with Crippen LogP contribution in [0.4, 0.5) is 0 Å². The number of hydrogen-bond donors (Lipinski definition) is 0. The van der Waals surface area contributed by atoms with Crippen LogP contribution in [0, 0.1) is 12.8 Å². The largest absolute Gasteiger partial charge is 0.307 e. The summed E-state index contributed by atoms with van der Waals surface area (Å²) in [4.78, 5) is 14.7. The predicted octanol–water partition coefficient (Wildman–Crippen LogP) is 3.13. The van der Waals surface area contributed by atoms with E-state index in [0.717, 1.165) is 31.2 Å². The maximum Gasteiger partial charge on any atom is 0.137 e. The molecule has 0 aliphatic carbocycles. The van der Waals surface area contributed by atoms with Crippen LogP contribution in [0.2, 0.25) is 0 Å². The minimum absolute atomic E-state index is 0.624. The van der Waals surface area contributed by atoms with Crippen molar-refractivity contribution in [2.24, 2.45) is 5.92 Å². The Bertz CT molecular complexity index is 919. The highest BCUT2D eigenvalue weighted by Gasteiger charge is 2.35. The van der Waals surface area contributed by atoms with Crippen LogP contribution in [0.1, 0.15) is 29.8 Å². The van der Waals surface area contributed by atoms with Crippen LogP contribution in [-0.2, 0) is 13.1 Å².